The summed E-state index contributed by atoms with van der Waals surface area (Å²) in [5, 5.41) is 12.2. The number of halogens is 6. The number of alkyl halides is 6. The lowest BCUT2D eigenvalue weighted by Crippen LogP contribution is -2.34. The summed E-state index contributed by atoms with van der Waals surface area (Å²) in [7, 11) is 0. The van der Waals surface area contributed by atoms with E-state index in [0.717, 1.165) is 29.5 Å². The minimum Gasteiger partial charge on any atom is -0.489 e. The van der Waals surface area contributed by atoms with Crippen molar-refractivity contribution >= 4 is 5.97 Å². The second kappa shape index (κ2) is 11.6. The highest BCUT2D eigenvalue weighted by molar-refractivity contribution is 5.70. The van der Waals surface area contributed by atoms with Crippen molar-refractivity contribution in [3.8, 4) is 5.75 Å². The van der Waals surface area contributed by atoms with Crippen LogP contribution in [0.15, 0.2) is 48.2 Å². The van der Waals surface area contributed by atoms with Gasteiger partial charge in [0.2, 0.25) is 0 Å². The third kappa shape index (κ3) is 6.84. The van der Waals surface area contributed by atoms with E-state index in [1.807, 2.05) is 18.2 Å². The summed E-state index contributed by atoms with van der Waals surface area (Å²) in [6.45, 7) is 7.28. The van der Waals surface area contributed by atoms with Gasteiger partial charge in [0.1, 0.15) is 11.9 Å². The van der Waals surface area contributed by atoms with Gasteiger partial charge < -0.3 is 15.2 Å². The van der Waals surface area contributed by atoms with Crippen molar-refractivity contribution in [2.24, 2.45) is 23.7 Å². The van der Waals surface area contributed by atoms with Gasteiger partial charge in [-0.05, 0) is 97.2 Å². The zero-order valence-corrected chi connectivity index (χ0v) is 23.4. The van der Waals surface area contributed by atoms with E-state index in [2.05, 4.69) is 19.2 Å². The summed E-state index contributed by atoms with van der Waals surface area (Å²) < 4.78 is 87.4. The molecule has 0 saturated heterocycles. The molecule has 0 spiro atoms. The highest BCUT2D eigenvalue weighted by Crippen LogP contribution is 2.46. The molecule has 0 radical (unpaired) electrons. The van der Waals surface area contributed by atoms with Gasteiger partial charge >= 0.3 is 18.3 Å². The van der Waals surface area contributed by atoms with Gasteiger partial charge in [-0.15, -0.1) is 0 Å². The molecule has 10 heteroatoms. The second-order valence-corrected chi connectivity index (χ2v) is 11.6. The lowest BCUT2D eigenvalue weighted by molar-refractivity contribution is -0.142. The topological polar surface area (TPSA) is 58.6 Å². The maximum Gasteiger partial charge on any atom is 0.416 e. The number of hydrogen-bond acceptors (Lipinski definition) is 3. The van der Waals surface area contributed by atoms with E-state index in [1.165, 1.54) is 6.92 Å². The number of ether oxygens (including phenoxy) is 1. The molecule has 0 bridgehead atoms. The molecule has 224 valence electrons. The number of rotatable bonds is 7. The predicted octanol–water partition coefficient (Wildman–Crippen LogP) is 8.21. The van der Waals surface area contributed by atoms with Gasteiger partial charge in [0.15, 0.2) is 0 Å². The molecular weight excluding hydrogens is 548 g/mol. The van der Waals surface area contributed by atoms with Crippen LogP contribution in [0.25, 0.3) is 0 Å². The van der Waals surface area contributed by atoms with Gasteiger partial charge in [-0.2, -0.15) is 26.3 Å². The van der Waals surface area contributed by atoms with Crippen LogP contribution < -0.4 is 10.1 Å². The molecule has 1 heterocycles. The van der Waals surface area contributed by atoms with E-state index >= 15 is 0 Å². The molecule has 6 unspecified atom stereocenters. The first-order valence-corrected chi connectivity index (χ1v) is 13.8. The highest BCUT2D eigenvalue weighted by Gasteiger charge is 2.42. The fraction of sp³-hybridized carbons (Fsp3) is 0.516. The van der Waals surface area contributed by atoms with Crippen molar-refractivity contribution in [3.05, 3.63) is 76.0 Å². The van der Waals surface area contributed by atoms with Gasteiger partial charge in [-0.25, -0.2) is 0 Å². The molecule has 0 aromatic heterocycles. The highest BCUT2D eigenvalue weighted by atomic mass is 19.4. The molecule has 4 nitrogen and oxygen atoms in total. The van der Waals surface area contributed by atoms with Crippen molar-refractivity contribution in [2.75, 3.05) is 0 Å². The van der Waals surface area contributed by atoms with E-state index in [-0.39, 0.29) is 23.9 Å². The molecule has 41 heavy (non-hydrogen) atoms. The van der Waals surface area contributed by atoms with E-state index < -0.39 is 47.0 Å². The van der Waals surface area contributed by atoms with Gasteiger partial charge in [0.05, 0.1) is 17.0 Å². The Kier molecular flexibility index (Phi) is 8.71. The van der Waals surface area contributed by atoms with E-state index in [9.17, 15) is 36.2 Å². The summed E-state index contributed by atoms with van der Waals surface area (Å²) >= 11 is 0. The summed E-state index contributed by atoms with van der Waals surface area (Å²) in [5.74, 6) is -0.264. The second-order valence-electron chi connectivity index (χ2n) is 11.6. The molecule has 1 fully saturated rings. The number of hydrogen-bond donors (Lipinski definition) is 2. The molecule has 1 aliphatic heterocycles. The lowest BCUT2D eigenvalue weighted by Gasteiger charge is -2.34. The molecule has 0 amide bonds. The zero-order chi connectivity index (χ0) is 30.3. The van der Waals surface area contributed by atoms with Crippen molar-refractivity contribution in [1.29, 1.82) is 0 Å². The molecule has 2 aliphatic rings. The van der Waals surface area contributed by atoms with Gasteiger partial charge in [-0.3, -0.25) is 4.79 Å². The van der Waals surface area contributed by atoms with Crippen molar-refractivity contribution in [1.82, 2.24) is 5.32 Å². The van der Waals surface area contributed by atoms with Gasteiger partial charge in [0, 0.05) is 12.0 Å². The van der Waals surface area contributed by atoms with E-state index in [0.29, 0.717) is 36.8 Å². The monoisotopic (exact) mass is 583 g/mol. The molecular formula is C31H35F6NO3. The number of fused-ring (bicyclic) bond motifs is 1. The first-order valence-electron chi connectivity index (χ1n) is 13.8. The van der Waals surface area contributed by atoms with Crippen molar-refractivity contribution in [3.63, 3.8) is 0 Å². The number of aryl methyl sites for hydroxylation is 1. The number of aliphatic carboxylic acids is 1. The van der Waals surface area contributed by atoms with Crippen molar-refractivity contribution < 1.29 is 41.0 Å². The third-order valence-corrected chi connectivity index (χ3v) is 8.59. The molecule has 2 N–H and O–H groups in total. The average molecular weight is 584 g/mol. The van der Waals surface area contributed by atoms with Gasteiger partial charge in [0.25, 0.3) is 0 Å². The Balaban J connectivity index is 1.57. The molecule has 4 rings (SSSR count). The minimum atomic E-state index is -4.80. The average Bonchev–Trinajstić information content (AvgIpc) is 3.18. The largest absolute Gasteiger partial charge is 0.489 e. The number of carboxylic acid groups (broad SMARTS) is 1. The smallest absolute Gasteiger partial charge is 0.416 e. The SMILES string of the molecule is CC(Cc1ccc2c(c1)OC(C1/C(=C/NC(C)c3cc(C(F)(F)F)ccc3C(F)(F)F)CC(C)C1C)CC2)C(=O)O. The Bertz CT molecular complexity index is 1300. The quantitative estimate of drug-likeness (QED) is 0.323. The van der Waals surface area contributed by atoms with Crippen LogP contribution in [0.3, 0.4) is 0 Å². The summed E-state index contributed by atoms with van der Waals surface area (Å²) in [5.41, 5.74) is 0.156. The fourth-order valence-electron chi connectivity index (χ4n) is 6.05. The normalized spacial score (nSPS) is 25.4. The summed E-state index contributed by atoms with van der Waals surface area (Å²) in [6.07, 6.45) is -5.54. The fourth-order valence-corrected chi connectivity index (χ4v) is 6.05. The van der Waals surface area contributed by atoms with Crippen LogP contribution in [0.4, 0.5) is 26.3 Å². The van der Waals surface area contributed by atoms with Crippen LogP contribution in [0, 0.1) is 23.7 Å². The Hall–Kier alpha value is -3.17. The third-order valence-electron chi connectivity index (χ3n) is 8.59. The van der Waals surface area contributed by atoms with E-state index in [4.69, 9.17) is 4.74 Å². The van der Waals surface area contributed by atoms with E-state index in [1.54, 1.807) is 13.1 Å². The predicted molar refractivity (Wildman–Crippen MR) is 142 cm³/mol. The number of benzene rings is 2. The number of carboxylic acids is 1. The molecule has 2 aromatic carbocycles. The Morgan fingerprint density at radius 2 is 1.78 bits per heavy atom. The van der Waals surface area contributed by atoms with Crippen molar-refractivity contribution in [2.45, 2.75) is 77.9 Å². The van der Waals surface area contributed by atoms with Crippen LogP contribution in [-0.2, 0) is 30.0 Å². The molecule has 1 saturated carbocycles. The van der Waals surface area contributed by atoms with Crippen LogP contribution >= 0.6 is 0 Å². The first kappa shape index (κ1) is 30.8. The number of nitrogens with one attached hydrogen (secondary N) is 1. The Morgan fingerprint density at radius 3 is 2.41 bits per heavy atom. The summed E-state index contributed by atoms with van der Waals surface area (Å²) in [4.78, 5) is 11.3. The van der Waals surface area contributed by atoms with Crippen LogP contribution in [-0.4, -0.2) is 17.2 Å². The number of carbonyl (C=O) groups is 1. The van der Waals surface area contributed by atoms with Crippen LogP contribution in [0.5, 0.6) is 5.75 Å². The van der Waals surface area contributed by atoms with Crippen LogP contribution in [0.1, 0.15) is 74.4 Å². The first-order chi connectivity index (χ1) is 19.1. The maximum atomic E-state index is 13.7. The molecule has 6 atom stereocenters. The zero-order valence-electron chi connectivity index (χ0n) is 23.4. The Labute approximate surface area is 235 Å². The molecule has 1 aliphatic carbocycles. The standard InChI is InChI=1S/C31H35F6NO3/c1-16-12-22(15-38-19(4)24-14-23(30(32,33)34)8-9-25(24)31(35,36)37)28(18(16)3)26-10-7-21-6-5-20(13-27(21)41-26)11-17(2)29(39)40/h5-6,8-9,13-19,26,28,38H,7,10-12H2,1-4H3,(H,39,40)/b22-15+. The molecule has 2 aromatic rings. The maximum absolute atomic E-state index is 13.7. The van der Waals surface area contributed by atoms with Crippen LogP contribution in [0.2, 0.25) is 0 Å². The Morgan fingerprint density at radius 1 is 1.07 bits per heavy atom. The van der Waals surface area contributed by atoms with Gasteiger partial charge in [-0.1, -0.05) is 32.9 Å². The minimum absolute atomic E-state index is 0.0388. The lowest BCUT2D eigenvalue weighted by atomic mass is 9.83. The summed E-state index contributed by atoms with van der Waals surface area (Å²) in [6, 6.07) is 6.26.